The lowest BCUT2D eigenvalue weighted by atomic mass is 10.00. The van der Waals surface area contributed by atoms with Crippen LogP contribution in [0.2, 0.25) is 0 Å². The van der Waals surface area contributed by atoms with Gasteiger partial charge in [0.05, 0.1) is 0 Å². The highest BCUT2D eigenvalue weighted by Crippen LogP contribution is 2.27. The van der Waals surface area contributed by atoms with Crippen LogP contribution in [-0.2, 0) is 19.3 Å². The molecule has 0 spiro atoms. The van der Waals surface area contributed by atoms with Crippen molar-refractivity contribution < 1.29 is 4.79 Å². The van der Waals surface area contributed by atoms with Gasteiger partial charge in [-0.25, -0.2) is 14.8 Å². The number of nitrogens with zero attached hydrogens (tertiary/aromatic N) is 5. The Balaban J connectivity index is 1.93. The predicted octanol–water partition coefficient (Wildman–Crippen LogP) is 3.94. The molecule has 2 aromatic rings. The molecule has 0 radical (unpaired) electrons. The van der Waals surface area contributed by atoms with Gasteiger partial charge >= 0.3 is 6.03 Å². The molecule has 0 unspecified atom stereocenters. The van der Waals surface area contributed by atoms with Crippen LogP contribution in [0, 0.1) is 12.8 Å². The van der Waals surface area contributed by atoms with Crippen LogP contribution < -0.4 is 4.90 Å². The zero-order valence-electron chi connectivity index (χ0n) is 20.0. The van der Waals surface area contributed by atoms with Gasteiger partial charge in [-0.15, -0.1) is 0 Å². The van der Waals surface area contributed by atoms with Crippen molar-refractivity contribution in [3.05, 3.63) is 52.5 Å². The Bertz CT molecular complexity index is 884. The van der Waals surface area contributed by atoms with Crippen LogP contribution in [-0.4, -0.2) is 66.1 Å². The molecule has 168 valence electrons. The monoisotopic (exact) mass is 423 g/mol. The van der Waals surface area contributed by atoms with Gasteiger partial charge in [-0.2, -0.15) is 0 Å². The first-order chi connectivity index (χ1) is 14.8. The van der Waals surface area contributed by atoms with Crippen LogP contribution in [0.25, 0.3) is 0 Å². The number of rotatable bonds is 6. The molecule has 31 heavy (non-hydrogen) atoms. The van der Waals surface area contributed by atoms with Crippen LogP contribution in [0.5, 0.6) is 0 Å². The summed E-state index contributed by atoms with van der Waals surface area (Å²) in [6, 6.07) is 8.82. The summed E-state index contributed by atoms with van der Waals surface area (Å²) in [5.41, 5.74) is 4.92. The van der Waals surface area contributed by atoms with Gasteiger partial charge in [-0.1, -0.05) is 50.6 Å². The van der Waals surface area contributed by atoms with Gasteiger partial charge in [-0.3, -0.25) is 0 Å². The smallest absolute Gasteiger partial charge is 0.319 e. The molecule has 0 N–H and O–H groups in total. The van der Waals surface area contributed by atoms with Gasteiger partial charge in [0.25, 0.3) is 0 Å². The number of piperazine rings is 1. The fourth-order valence-corrected chi connectivity index (χ4v) is 4.06. The highest BCUT2D eigenvalue weighted by atomic mass is 16.2. The van der Waals surface area contributed by atoms with Crippen LogP contribution >= 0.6 is 0 Å². The molecule has 0 bridgehead atoms. The third kappa shape index (κ3) is 5.75. The van der Waals surface area contributed by atoms with Crippen LogP contribution in [0.1, 0.15) is 49.0 Å². The molecule has 2 heterocycles. The molecule has 3 rings (SSSR count). The molecule has 1 aromatic heterocycles. The fourth-order valence-electron chi connectivity index (χ4n) is 4.06. The number of urea groups is 1. The number of carbonyl (C=O) groups excluding carboxylic acids is 1. The molecule has 0 saturated carbocycles. The Morgan fingerprint density at radius 1 is 1.06 bits per heavy atom. The van der Waals surface area contributed by atoms with Gasteiger partial charge in [0, 0.05) is 64.4 Å². The van der Waals surface area contributed by atoms with E-state index in [4.69, 9.17) is 9.97 Å². The topological polar surface area (TPSA) is 52.6 Å². The van der Waals surface area contributed by atoms with Crippen molar-refractivity contribution in [2.45, 2.75) is 47.0 Å². The lowest BCUT2D eigenvalue weighted by Crippen LogP contribution is -2.52. The van der Waals surface area contributed by atoms with Gasteiger partial charge in [0.2, 0.25) is 0 Å². The van der Waals surface area contributed by atoms with Crippen LogP contribution in [0.15, 0.2) is 24.3 Å². The maximum atomic E-state index is 12.4. The molecule has 1 aromatic carbocycles. The van der Waals surface area contributed by atoms with Crippen molar-refractivity contribution in [1.29, 1.82) is 0 Å². The van der Waals surface area contributed by atoms with E-state index in [1.54, 1.807) is 4.90 Å². The third-order valence-electron chi connectivity index (χ3n) is 5.78. The second-order valence-corrected chi connectivity index (χ2v) is 9.15. The maximum absolute atomic E-state index is 12.4. The SMILES string of the molecule is CCc1nc(CC(C)C)nc(N2CCN(C(=O)N(C)C)CC2)c1Cc1ccc(C)cc1. The standard InChI is InChI=1S/C25H37N5O/c1-7-22-21(17-20-10-8-19(4)9-11-20)24(27-23(26-22)16-18(2)3)29-12-14-30(15-13-29)25(31)28(5)6/h8-11,18H,7,12-17H2,1-6H3. The van der Waals surface area contributed by atoms with Crippen LogP contribution in [0.4, 0.5) is 10.6 Å². The summed E-state index contributed by atoms with van der Waals surface area (Å²) in [4.78, 5) is 28.3. The van der Waals surface area contributed by atoms with Crippen molar-refractivity contribution in [3.63, 3.8) is 0 Å². The highest BCUT2D eigenvalue weighted by Gasteiger charge is 2.26. The molecule has 6 heteroatoms. The van der Waals surface area contributed by atoms with E-state index in [0.717, 1.165) is 49.7 Å². The zero-order chi connectivity index (χ0) is 22.5. The average Bonchev–Trinajstić information content (AvgIpc) is 2.75. The number of aromatic nitrogens is 2. The fraction of sp³-hybridized carbons (Fsp3) is 0.560. The van der Waals surface area contributed by atoms with E-state index in [0.29, 0.717) is 19.0 Å². The minimum atomic E-state index is 0.0805. The first kappa shape index (κ1) is 23.0. The molecule has 1 fully saturated rings. The molecule has 1 saturated heterocycles. The van der Waals surface area contributed by atoms with Gasteiger partial charge in [-0.05, 0) is 24.8 Å². The first-order valence-corrected chi connectivity index (χ1v) is 11.4. The molecule has 2 amide bonds. The van der Waals surface area contributed by atoms with Gasteiger partial charge in [0.1, 0.15) is 11.6 Å². The first-order valence-electron chi connectivity index (χ1n) is 11.4. The molecule has 6 nitrogen and oxygen atoms in total. The van der Waals surface area contributed by atoms with E-state index in [2.05, 4.69) is 56.9 Å². The molecule has 0 aliphatic carbocycles. The van der Waals surface area contributed by atoms with Crippen molar-refractivity contribution in [2.24, 2.45) is 5.92 Å². The number of anilines is 1. The number of hydrogen-bond donors (Lipinski definition) is 0. The average molecular weight is 424 g/mol. The van der Waals surface area contributed by atoms with Crippen molar-refractivity contribution in [2.75, 3.05) is 45.2 Å². The summed E-state index contributed by atoms with van der Waals surface area (Å²) in [6.07, 6.45) is 2.60. The summed E-state index contributed by atoms with van der Waals surface area (Å²) in [7, 11) is 3.62. The van der Waals surface area contributed by atoms with E-state index < -0.39 is 0 Å². The predicted molar refractivity (Wildman–Crippen MR) is 127 cm³/mol. The van der Waals surface area contributed by atoms with Crippen LogP contribution in [0.3, 0.4) is 0 Å². The van der Waals surface area contributed by atoms with Crippen molar-refractivity contribution in [1.82, 2.24) is 19.8 Å². The van der Waals surface area contributed by atoms with Crippen molar-refractivity contribution >= 4 is 11.8 Å². The highest BCUT2D eigenvalue weighted by molar-refractivity contribution is 5.74. The molecule has 1 aliphatic rings. The maximum Gasteiger partial charge on any atom is 0.319 e. The Labute approximate surface area is 187 Å². The summed E-state index contributed by atoms with van der Waals surface area (Å²) < 4.78 is 0. The van der Waals surface area contributed by atoms with Crippen molar-refractivity contribution in [3.8, 4) is 0 Å². The number of hydrogen-bond acceptors (Lipinski definition) is 4. The van der Waals surface area contributed by atoms with Gasteiger partial charge in [0.15, 0.2) is 0 Å². The summed E-state index contributed by atoms with van der Waals surface area (Å²) in [5, 5.41) is 0. The number of amides is 2. The zero-order valence-corrected chi connectivity index (χ0v) is 20.0. The Hall–Kier alpha value is -2.63. The number of aryl methyl sites for hydroxylation is 2. The van der Waals surface area contributed by atoms with E-state index in [9.17, 15) is 4.79 Å². The van der Waals surface area contributed by atoms with E-state index >= 15 is 0 Å². The molecule has 1 aliphatic heterocycles. The Kier molecular flexibility index (Phi) is 7.52. The Morgan fingerprint density at radius 2 is 1.71 bits per heavy atom. The lowest BCUT2D eigenvalue weighted by Gasteiger charge is -2.37. The normalized spacial score (nSPS) is 14.3. The molecule has 0 atom stereocenters. The second kappa shape index (κ2) is 10.1. The van der Waals surface area contributed by atoms with E-state index in [1.807, 2.05) is 19.0 Å². The quantitative estimate of drug-likeness (QED) is 0.706. The van der Waals surface area contributed by atoms with E-state index in [1.165, 1.54) is 16.7 Å². The summed E-state index contributed by atoms with van der Waals surface area (Å²) >= 11 is 0. The molecular weight excluding hydrogens is 386 g/mol. The molecular formula is C25H37N5O. The Morgan fingerprint density at radius 3 is 2.26 bits per heavy atom. The largest absolute Gasteiger partial charge is 0.353 e. The number of benzene rings is 1. The summed E-state index contributed by atoms with van der Waals surface area (Å²) in [6.45, 7) is 11.7. The third-order valence-corrected chi connectivity index (χ3v) is 5.78. The lowest BCUT2D eigenvalue weighted by molar-refractivity contribution is 0.168. The minimum Gasteiger partial charge on any atom is -0.353 e. The van der Waals surface area contributed by atoms with Gasteiger partial charge < -0.3 is 14.7 Å². The number of carbonyl (C=O) groups is 1. The summed E-state index contributed by atoms with van der Waals surface area (Å²) in [5.74, 6) is 2.50. The van der Waals surface area contributed by atoms with E-state index in [-0.39, 0.29) is 6.03 Å². The minimum absolute atomic E-state index is 0.0805. The second-order valence-electron chi connectivity index (χ2n) is 9.15.